The Hall–Kier alpha value is -1.28. The monoisotopic (exact) mass is 201 g/mol. The van der Waals surface area contributed by atoms with E-state index in [9.17, 15) is 5.11 Å². The largest absolute Gasteiger partial charge is 0.387 e. The second-order valence-corrected chi connectivity index (χ2v) is 4.35. The van der Waals surface area contributed by atoms with E-state index in [0.29, 0.717) is 0 Å². The van der Waals surface area contributed by atoms with Gasteiger partial charge in [-0.05, 0) is 30.9 Å². The number of hydrogen-bond acceptors (Lipinski definition) is 1. The van der Waals surface area contributed by atoms with Gasteiger partial charge in [0.15, 0.2) is 0 Å². The number of nitrogens with zero attached hydrogens (tertiary/aromatic N) is 1. The maximum Gasteiger partial charge on any atom is 0.0942 e. The second kappa shape index (κ2) is 3.11. The lowest BCUT2D eigenvalue weighted by Gasteiger charge is -2.19. The van der Waals surface area contributed by atoms with Gasteiger partial charge in [-0.1, -0.05) is 18.2 Å². The van der Waals surface area contributed by atoms with Crippen molar-refractivity contribution in [3.63, 3.8) is 0 Å². The van der Waals surface area contributed by atoms with E-state index in [1.54, 1.807) is 0 Å². The molecule has 2 aromatic rings. The van der Waals surface area contributed by atoms with Crippen molar-refractivity contribution in [2.75, 3.05) is 0 Å². The summed E-state index contributed by atoms with van der Waals surface area (Å²) in [7, 11) is 2.05. The van der Waals surface area contributed by atoms with Gasteiger partial charge in [-0.15, -0.1) is 0 Å². The van der Waals surface area contributed by atoms with Gasteiger partial charge in [0.05, 0.1) is 11.8 Å². The third-order valence-electron chi connectivity index (χ3n) is 3.48. The van der Waals surface area contributed by atoms with Crippen LogP contribution in [0, 0.1) is 0 Å². The van der Waals surface area contributed by atoms with Crippen molar-refractivity contribution in [2.24, 2.45) is 7.05 Å². The zero-order valence-corrected chi connectivity index (χ0v) is 8.90. The van der Waals surface area contributed by atoms with Crippen molar-refractivity contribution in [3.8, 4) is 0 Å². The van der Waals surface area contributed by atoms with Gasteiger partial charge in [0.2, 0.25) is 0 Å². The molecule has 1 aliphatic rings. The van der Waals surface area contributed by atoms with Crippen molar-refractivity contribution in [3.05, 3.63) is 35.5 Å². The van der Waals surface area contributed by atoms with Crippen LogP contribution in [0.3, 0.4) is 0 Å². The van der Waals surface area contributed by atoms with Gasteiger partial charge in [-0.25, -0.2) is 0 Å². The number of aliphatic hydroxyl groups is 1. The van der Waals surface area contributed by atoms with Crippen LogP contribution in [0.1, 0.15) is 30.2 Å². The quantitative estimate of drug-likeness (QED) is 0.696. The molecular weight excluding hydrogens is 186 g/mol. The molecule has 0 saturated carbocycles. The molecule has 0 spiro atoms. The first-order chi connectivity index (χ1) is 7.29. The maximum atomic E-state index is 10.0. The highest BCUT2D eigenvalue weighted by Crippen LogP contribution is 2.36. The summed E-state index contributed by atoms with van der Waals surface area (Å²) in [5, 5.41) is 11.3. The van der Waals surface area contributed by atoms with Gasteiger partial charge in [-0.2, -0.15) is 0 Å². The molecule has 0 fully saturated rings. The maximum absolute atomic E-state index is 10.0. The van der Waals surface area contributed by atoms with Crippen LogP contribution >= 0.6 is 0 Å². The van der Waals surface area contributed by atoms with E-state index in [1.165, 1.54) is 16.5 Å². The van der Waals surface area contributed by atoms with Crippen molar-refractivity contribution in [1.82, 2.24) is 4.57 Å². The smallest absolute Gasteiger partial charge is 0.0942 e. The molecule has 1 aromatic heterocycles. The van der Waals surface area contributed by atoms with E-state index < -0.39 is 0 Å². The topological polar surface area (TPSA) is 25.2 Å². The van der Waals surface area contributed by atoms with Gasteiger partial charge in [0.25, 0.3) is 0 Å². The van der Waals surface area contributed by atoms with Crippen LogP contribution in [0.2, 0.25) is 0 Å². The third kappa shape index (κ3) is 1.15. The van der Waals surface area contributed by atoms with E-state index in [4.69, 9.17) is 0 Å². The lowest BCUT2D eigenvalue weighted by atomic mass is 9.93. The average Bonchev–Trinajstić information content (AvgIpc) is 2.55. The summed E-state index contributed by atoms with van der Waals surface area (Å²) in [6.07, 6.45) is 2.83. The predicted octanol–water partition coefficient (Wildman–Crippen LogP) is 2.55. The Bertz CT molecular complexity index is 512. The summed E-state index contributed by atoms with van der Waals surface area (Å²) in [6.45, 7) is 0. The summed E-state index contributed by atoms with van der Waals surface area (Å²) in [5.41, 5.74) is 3.72. The third-order valence-corrected chi connectivity index (χ3v) is 3.48. The molecule has 1 N–H and O–H groups in total. The van der Waals surface area contributed by atoms with E-state index in [0.717, 1.165) is 25.0 Å². The second-order valence-electron chi connectivity index (χ2n) is 4.35. The van der Waals surface area contributed by atoms with Crippen molar-refractivity contribution < 1.29 is 5.11 Å². The van der Waals surface area contributed by atoms with Gasteiger partial charge in [0.1, 0.15) is 0 Å². The van der Waals surface area contributed by atoms with Crippen molar-refractivity contribution in [2.45, 2.75) is 25.4 Å². The fourth-order valence-electron chi connectivity index (χ4n) is 2.79. The van der Waals surface area contributed by atoms with E-state index in [1.807, 2.05) is 0 Å². The number of benzene rings is 1. The Morgan fingerprint density at radius 2 is 2.13 bits per heavy atom. The predicted molar refractivity (Wildman–Crippen MR) is 60.8 cm³/mol. The summed E-state index contributed by atoms with van der Waals surface area (Å²) in [4.78, 5) is 0. The van der Waals surface area contributed by atoms with E-state index >= 15 is 0 Å². The summed E-state index contributed by atoms with van der Waals surface area (Å²) in [5.74, 6) is 0. The summed E-state index contributed by atoms with van der Waals surface area (Å²) in [6, 6.07) is 8.41. The van der Waals surface area contributed by atoms with Crippen LogP contribution in [0.15, 0.2) is 24.3 Å². The standard InChI is InChI=1S/C13H15NO/c1-14-11-7-3-2-5-9(11)10-6-4-8-12(15)13(10)14/h2-3,5,7,12,15H,4,6,8H2,1H3/t12-/m0/s1. The number of fused-ring (bicyclic) bond motifs is 3. The Morgan fingerprint density at radius 3 is 3.00 bits per heavy atom. The van der Waals surface area contributed by atoms with Gasteiger partial charge >= 0.3 is 0 Å². The Labute approximate surface area is 89.1 Å². The molecule has 0 amide bonds. The fourth-order valence-corrected chi connectivity index (χ4v) is 2.79. The van der Waals surface area contributed by atoms with Crippen LogP contribution in [-0.4, -0.2) is 9.67 Å². The molecule has 1 heterocycles. The minimum atomic E-state index is -0.272. The molecule has 0 saturated heterocycles. The fraction of sp³-hybridized carbons (Fsp3) is 0.385. The van der Waals surface area contributed by atoms with Crippen LogP contribution in [0.5, 0.6) is 0 Å². The molecule has 0 bridgehead atoms. The number of aromatic nitrogens is 1. The first-order valence-electron chi connectivity index (χ1n) is 5.53. The molecule has 0 unspecified atom stereocenters. The van der Waals surface area contributed by atoms with Gasteiger partial charge in [0, 0.05) is 18.0 Å². The minimum absolute atomic E-state index is 0.272. The van der Waals surface area contributed by atoms with Crippen molar-refractivity contribution >= 4 is 10.9 Å². The van der Waals surface area contributed by atoms with E-state index in [-0.39, 0.29) is 6.10 Å². The summed E-state index contributed by atoms with van der Waals surface area (Å²) < 4.78 is 2.15. The van der Waals surface area contributed by atoms with Crippen molar-refractivity contribution in [1.29, 1.82) is 0 Å². The average molecular weight is 201 g/mol. The lowest BCUT2D eigenvalue weighted by molar-refractivity contribution is 0.149. The lowest BCUT2D eigenvalue weighted by Crippen LogP contribution is -2.11. The Balaban J connectivity index is 2.40. The number of aliphatic hydroxyl groups excluding tert-OH is 1. The molecule has 2 heteroatoms. The molecule has 1 aliphatic carbocycles. The highest BCUT2D eigenvalue weighted by Gasteiger charge is 2.24. The van der Waals surface area contributed by atoms with Gasteiger partial charge < -0.3 is 9.67 Å². The normalized spacial score (nSPS) is 20.5. The number of hydrogen-bond donors (Lipinski definition) is 1. The number of para-hydroxylation sites is 1. The molecule has 1 atom stereocenters. The Morgan fingerprint density at radius 1 is 1.33 bits per heavy atom. The molecule has 3 rings (SSSR count). The molecule has 1 aromatic carbocycles. The van der Waals surface area contributed by atoms with Crippen LogP contribution in [0.4, 0.5) is 0 Å². The molecule has 0 aliphatic heterocycles. The molecular formula is C13H15NO. The van der Waals surface area contributed by atoms with Crippen LogP contribution in [0.25, 0.3) is 10.9 Å². The number of aryl methyl sites for hydroxylation is 2. The van der Waals surface area contributed by atoms with Crippen LogP contribution < -0.4 is 0 Å². The molecule has 15 heavy (non-hydrogen) atoms. The SMILES string of the molecule is Cn1c2c(c3ccccc31)CCC[C@@H]2O. The van der Waals surface area contributed by atoms with E-state index in [2.05, 4.69) is 35.9 Å². The minimum Gasteiger partial charge on any atom is -0.387 e. The summed E-state index contributed by atoms with van der Waals surface area (Å²) >= 11 is 0. The zero-order valence-electron chi connectivity index (χ0n) is 8.90. The molecule has 2 nitrogen and oxygen atoms in total. The highest BCUT2D eigenvalue weighted by atomic mass is 16.3. The first-order valence-corrected chi connectivity index (χ1v) is 5.53. The molecule has 78 valence electrons. The zero-order chi connectivity index (χ0) is 10.4. The highest BCUT2D eigenvalue weighted by molar-refractivity contribution is 5.85. The first kappa shape index (κ1) is 8.98. The number of rotatable bonds is 0. The Kier molecular flexibility index (Phi) is 1.86. The molecule has 0 radical (unpaired) electrons. The van der Waals surface area contributed by atoms with Gasteiger partial charge in [-0.3, -0.25) is 0 Å². The van der Waals surface area contributed by atoms with Crippen LogP contribution in [-0.2, 0) is 13.5 Å².